The second kappa shape index (κ2) is 18.9. The molecule has 0 aliphatic carbocycles. The van der Waals surface area contributed by atoms with E-state index in [0.29, 0.717) is 19.8 Å². The number of rotatable bonds is 19. The van der Waals surface area contributed by atoms with Gasteiger partial charge in [0.25, 0.3) is 0 Å². The molecular formula is C29H43NO5. The molecule has 0 aliphatic heterocycles. The summed E-state index contributed by atoms with van der Waals surface area (Å²) in [6.45, 7) is 7.05. The van der Waals surface area contributed by atoms with Crippen molar-refractivity contribution >= 4 is 6.09 Å². The number of nitrogens with zero attached hydrogens (tertiary/aromatic N) is 1. The Balaban J connectivity index is 1.61. The summed E-state index contributed by atoms with van der Waals surface area (Å²) in [7, 11) is 0. The van der Waals surface area contributed by atoms with E-state index in [9.17, 15) is 4.79 Å². The molecule has 2 aromatic rings. The van der Waals surface area contributed by atoms with Gasteiger partial charge in [0.05, 0.1) is 0 Å². The minimum absolute atomic E-state index is 0.226. The summed E-state index contributed by atoms with van der Waals surface area (Å²) >= 11 is 0. The number of amides is 1. The first-order valence-corrected chi connectivity index (χ1v) is 13.1. The second-order valence-electron chi connectivity index (χ2n) is 8.42. The van der Waals surface area contributed by atoms with Crippen molar-refractivity contribution < 1.29 is 23.7 Å². The Kier molecular flexibility index (Phi) is 15.5. The van der Waals surface area contributed by atoms with Crippen LogP contribution in [-0.2, 0) is 32.0 Å². The third-order valence-corrected chi connectivity index (χ3v) is 5.60. The average Bonchev–Trinajstić information content (AvgIpc) is 2.89. The van der Waals surface area contributed by atoms with Crippen LogP contribution < -0.4 is 0 Å². The molecule has 0 aliphatic rings. The van der Waals surface area contributed by atoms with Crippen molar-refractivity contribution in [1.29, 1.82) is 0 Å². The van der Waals surface area contributed by atoms with Crippen LogP contribution in [0.4, 0.5) is 4.79 Å². The first kappa shape index (κ1) is 28.8. The lowest BCUT2D eigenvalue weighted by molar-refractivity contribution is -0.209. The van der Waals surface area contributed by atoms with Crippen LogP contribution in [0.15, 0.2) is 60.7 Å². The van der Waals surface area contributed by atoms with Crippen molar-refractivity contribution in [3.63, 3.8) is 0 Å². The van der Waals surface area contributed by atoms with Crippen LogP contribution in [0.25, 0.3) is 0 Å². The first-order chi connectivity index (χ1) is 17.2. The number of unbranched alkanes of at least 4 members (excludes halogenated alkanes) is 4. The van der Waals surface area contributed by atoms with Gasteiger partial charge < -0.3 is 18.9 Å². The van der Waals surface area contributed by atoms with Gasteiger partial charge in [0.2, 0.25) is 6.41 Å². The highest BCUT2D eigenvalue weighted by atomic mass is 16.7. The SMILES string of the molecule is CCOC(OCC)N(CCCCCCOCCCCc1ccccc1)C(=O)OCc1ccccc1. The smallest absolute Gasteiger partial charge is 0.414 e. The molecule has 0 unspecified atom stereocenters. The van der Waals surface area contributed by atoms with E-state index in [1.54, 1.807) is 4.90 Å². The van der Waals surface area contributed by atoms with Crippen LogP contribution in [0.1, 0.15) is 63.5 Å². The Morgan fingerprint density at radius 1 is 0.743 bits per heavy atom. The Bertz CT molecular complexity index is 765. The minimum atomic E-state index is -0.729. The van der Waals surface area contributed by atoms with Gasteiger partial charge in [-0.05, 0) is 57.1 Å². The molecule has 6 heteroatoms. The molecule has 194 valence electrons. The number of ether oxygens (including phenoxy) is 4. The molecule has 0 fully saturated rings. The summed E-state index contributed by atoms with van der Waals surface area (Å²) < 4.78 is 22.7. The summed E-state index contributed by atoms with van der Waals surface area (Å²) in [4.78, 5) is 14.4. The summed E-state index contributed by atoms with van der Waals surface area (Å²) in [5.41, 5.74) is 2.34. The maximum absolute atomic E-state index is 12.8. The number of carbonyl (C=O) groups is 1. The van der Waals surface area contributed by atoms with E-state index < -0.39 is 12.5 Å². The van der Waals surface area contributed by atoms with Crippen LogP contribution in [0.5, 0.6) is 0 Å². The molecule has 0 aromatic heterocycles. The fourth-order valence-corrected chi connectivity index (χ4v) is 3.72. The highest BCUT2D eigenvalue weighted by Gasteiger charge is 2.25. The summed E-state index contributed by atoms with van der Waals surface area (Å²) in [6.07, 6.45) is 6.15. The molecule has 2 rings (SSSR count). The monoisotopic (exact) mass is 485 g/mol. The lowest BCUT2D eigenvalue weighted by Crippen LogP contribution is -2.44. The fraction of sp³-hybridized carbons (Fsp3) is 0.552. The highest BCUT2D eigenvalue weighted by molar-refractivity contribution is 5.67. The molecule has 0 N–H and O–H groups in total. The van der Waals surface area contributed by atoms with Crippen molar-refractivity contribution in [3.8, 4) is 0 Å². The van der Waals surface area contributed by atoms with E-state index in [0.717, 1.165) is 63.7 Å². The zero-order valence-corrected chi connectivity index (χ0v) is 21.5. The summed E-state index contributed by atoms with van der Waals surface area (Å²) in [5, 5.41) is 0. The Hall–Kier alpha value is -2.41. The van der Waals surface area contributed by atoms with Gasteiger partial charge in [-0.1, -0.05) is 73.5 Å². The standard InChI is InChI=1S/C29H43NO5/c1-3-33-29(34-4-2)30(28(31)35-25-27-20-11-8-12-21-27)22-14-5-6-15-23-32-24-16-13-19-26-17-9-7-10-18-26/h7-12,17-18,20-21,29H,3-6,13-16,19,22-25H2,1-2H3. The van der Waals surface area contributed by atoms with Gasteiger partial charge in [-0.25, -0.2) is 4.79 Å². The van der Waals surface area contributed by atoms with E-state index in [1.165, 1.54) is 5.56 Å². The van der Waals surface area contributed by atoms with Crippen LogP contribution in [-0.4, -0.2) is 50.4 Å². The van der Waals surface area contributed by atoms with E-state index in [4.69, 9.17) is 18.9 Å². The fourth-order valence-electron chi connectivity index (χ4n) is 3.72. The van der Waals surface area contributed by atoms with E-state index >= 15 is 0 Å². The van der Waals surface area contributed by atoms with Crippen LogP contribution >= 0.6 is 0 Å². The number of hydrogen-bond donors (Lipinski definition) is 0. The van der Waals surface area contributed by atoms with Gasteiger partial charge in [-0.3, -0.25) is 4.90 Å². The van der Waals surface area contributed by atoms with Crippen LogP contribution in [0.3, 0.4) is 0 Å². The molecule has 0 saturated carbocycles. The maximum atomic E-state index is 12.8. The van der Waals surface area contributed by atoms with Crippen molar-refractivity contribution in [2.45, 2.75) is 71.8 Å². The normalized spacial score (nSPS) is 11.1. The predicted molar refractivity (Wildman–Crippen MR) is 139 cm³/mol. The van der Waals surface area contributed by atoms with Crippen molar-refractivity contribution in [2.24, 2.45) is 0 Å². The van der Waals surface area contributed by atoms with E-state index in [1.807, 2.05) is 44.2 Å². The largest absolute Gasteiger partial charge is 0.444 e. The Labute approximate surface area is 211 Å². The van der Waals surface area contributed by atoms with Gasteiger partial charge in [0.15, 0.2) is 0 Å². The second-order valence-corrected chi connectivity index (χ2v) is 8.42. The molecule has 0 atom stereocenters. The van der Waals surface area contributed by atoms with Crippen LogP contribution in [0.2, 0.25) is 0 Å². The average molecular weight is 486 g/mol. The third-order valence-electron chi connectivity index (χ3n) is 5.60. The zero-order chi connectivity index (χ0) is 25.0. The molecule has 35 heavy (non-hydrogen) atoms. The summed E-state index contributed by atoms with van der Waals surface area (Å²) in [6, 6.07) is 20.3. The van der Waals surface area contributed by atoms with E-state index in [-0.39, 0.29) is 6.61 Å². The molecule has 1 amide bonds. The van der Waals surface area contributed by atoms with Crippen molar-refractivity contribution in [1.82, 2.24) is 4.90 Å². The van der Waals surface area contributed by atoms with E-state index in [2.05, 4.69) is 30.3 Å². The Morgan fingerprint density at radius 3 is 1.94 bits per heavy atom. The Morgan fingerprint density at radius 2 is 1.31 bits per heavy atom. The molecule has 0 radical (unpaired) electrons. The number of benzene rings is 2. The summed E-state index contributed by atoms with van der Waals surface area (Å²) in [5.74, 6) is 0. The van der Waals surface area contributed by atoms with Gasteiger partial charge in [0.1, 0.15) is 6.61 Å². The predicted octanol–water partition coefficient (Wildman–Crippen LogP) is 6.58. The lowest BCUT2D eigenvalue weighted by Gasteiger charge is -2.30. The number of hydrogen-bond acceptors (Lipinski definition) is 5. The molecule has 0 bridgehead atoms. The molecule has 2 aromatic carbocycles. The maximum Gasteiger partial charge on any atom is 0.414 e. The molecule has 0 spiro atoms. The minimum Gasteiger partial charge on any atom is -0.444 e. The topological polar surface area (TPSA) is 57.2 Å². The van der Waals surface area contributed by atoms with Gasteiger partial charge in [-0.15, -0.1) is 0 Å². The zero-order valence-electron chi connectivity index (χ0n) is 21.5. The molecule has 6 nitrogen and oxygen atoms in total. The molecular weight excluding hydrogens is 442 g/mol. The molecule has 0 heterocycles. The van der Waals surface area contributed by atoms with Gasteiger partial charge in [0, 0.05) is 33.0 Å². The van der Waals surface area contributed by atoms with Crippen LogP contribution in [0, 0.1) is 0 Å². The first-order valence-electron chi connectivity index (χ1n) is 13.1. The lowest BCUT2D eigenvalue weighted by atomic mass is 10.1. The van der Waals surface area contributed by atoms with Gasteiger partial charge >= 0.3 is 6.09 Å². The quantitative estimate of drug-likeness (QED) is 0.166. The highest BCUT2D eigenvalue weighted by Crippen LogP contribution is 2.12. The van der Waals surface area contributed by atoms with Crippen molar-refractivity contribution in [2.75, 3.05) is 33.0 Å². The van der Waals surface area contributed by atoms with Crippen molar-refractivity contribution in [3.05, 3.63) is 71.8 Å². The molecule has 0 saturated heterocycles. The number of aryl methyl sites for hydroxylation is 1. The number of carbonyl (C=O) groups excluding carboxylic acids is 1. The van der Waals surface area contributed by atoms with Gasteiger partial charge in [-0.2, -0.15) is 0 Å². The third kappa shape index (κ3) is 12.7.